The number of unbranched alkanes of at least 4 members (excludes halogenated alkanes) is 24. The maximum Gasteiger partial charge on any atom is 0.306 e. The predicted octanol–water partition coefficient (Wildman–Crippen LogP) is 14.2. The van der Waals surface area contributed by atoms with Crippen molar-refractivity contribution in [3.8, 4) is 0 Å². The van der Waals surface area contributed by atoms with Crippen LogP contribution in [0.1, 0.15) is 219 Å². The first kappa shape index (κ1) is 49.9. The van der Waals surface area contributed by atoms with Crippen LogP contribution >= 0.6 is 0 Å². The fraction of sp³-hybridized carbons (Fsp3) is 0.787. The average molecular weight is 729 g/mol. The van der Waals surface area contributed by atoms with E-state index in [-0.39, 0.29) is 25.2 Å². The zero-order valence-corrected chi connectivity index (χ0v) is 34.3. The van der Waals surface area contributed by atoms with Gasteiger partial charge in [-0.25, -0.2) is 0 Å². The number of ether oxygens (including phenoxy) is 2. The van der Waals surface area contributed by atoms with Crippen LogP contribution < -0.4 is 0 Å². The van der Waals surface area contributed by atoms with E-state index in [1.54, 1.807) is 0 Å². The minimum atomic E-state index is -0.779. The van der Waals surface area contributed by atoms with Crippen molar-refractivity contribution in [2.75, 3.05) is 13.2 Å². The summed E-state index contributed by atoms with van der Waals surface area (Å²) in [7, 11) is 0. The smallest absolute Gasteiger partial charge is 0.306 e. The Morgan fingerprint density at radius 3 is 1.21 bits per heavy atom. The van der Waals surface area contributed by atoms with Gasteiger partial charge in [-0.2, -0.15) is 0 Å². The summed E-state index contributed by atoms with van der Waals surface area (Å²) < 4.78 is 10.6. The number of esters is 2. The van der Waals surface area contributed by atoms with E-state index in [0.717, 1.165) is 57.8 Å². The molecule has 0 amide bonds. The number of hydrogen-bond donors (Lipinski definition) is 1. The van der Waals surface area contributed by atoms with Gasteiger partial charge in [0.1, 0.15) is 6.61 Å². The topological polar surface area (TPSA) is 72.8 Å². The van der Waals surface area contributed by atoms with Gasteiger partial charge < -0.3 is 14.6 Å². The van der Waals surface area contributed by atoms with E-state index in [1.165, 1.54) is 135 Å². The molecule has 0 heterocycles. The minimum Gasteiger partial charge on any atom is -0.462 e. The lowest BCUT2D eigenvalue weighted by Crippen LogP contribution is -2.28. The first-order valence-electron chi connectivity index (χ1n) is 22.2. The molecule has 0 rings (SSSR count). The number of carbonyl (C=O) groups is 2. The lowest BCUT2D eigenvalue weighted by Gasteiger charge is -2.15. The summed E-state index contributed by atoms with van der Waals surface area (Å²) in [4.78, 5) is 24.3. The van der Waals surface area contributed by atoms with Gasteiger partial charge >= 0.3 is 11.9 Å². The highest BCUT2D eigenvalue weighted by atomic mass is 16.6. The molecule has 1 N–H and O–H groups in total. The Kier molecular flexibility index (Phi) is 41.5. The van der Waals surface area contributed by atoms with Gasteiger partial charge in [0.15, 0.2) is 6.10 Å². The lowest BCUT2D eigenvalue weighted by molar-refractivity contribution is -0.161. The third-order valence-electron chi connectivity index (χ3n) is 9.60. The number of aliphatic hydroxyl groups is 1. The molecular weight excluding hydrogens is 645 g/mol. The van der Waals surface area contributed by atoms with Crippen molar-refractivity contribution in [2.45, 2.75) is 225 Å². The third-order valence-corrected chi connectivity index (χ3v) is 9.60. The standard InChI is InChI=1S/C47H84O5/c1-3-5-7-9-11-13-15-17-19-21-23-25-27-29-31-33-35-37-39-41-46(49)51-44-45(43-48)52-47(50)42-40-38-36-34-32-30-28-26-24-22-20-18-16-14-12-10-8-6-4-2/h12,14,17-20,24,26,45,48H,3-11,13,15-16,21-23,25,27-44H2,1-2H3/b14-12-,19-17-,20-18-,26-24-/t45-/m0/s1. The average Bonchev–Trinajstić information content (AvgIpc) is 3.15. The van der Waals surface area contributed by atoms with Gasteiger partial charge in [-0.15, -0.1) is 0 Å². The van der Waals surface area contributed by atoms with E-state index >= 15 is 0 Å². The van der Waals surface area contributed by atoms with Crippen LogP contribution in [0.25, 0.3) is 0 Å². The van der Waals surface area contributed by atoms with Crippen LogP contribution in [0.4, 0.5) is 0 Å². The third kappa shape index (κ3) is 40.6. The van der Waals surface area contributed by atoms with Crippen molar-refractivity contribution in [2.24, 2.45) is 0 Å². The van der Waals surface area contributed by atoms with Crippen LogP contribution in [0.15, 0.2) is 48.6 Å². The van der Waals surface area contributed by atoms with E-state index in [0.29, 0.717) is 12.8 Å². The fourth-order valence-corrected chi connectivity index (χ4v) is 6.20. The van der Waals surface area contributed by atoms with Crippen molar-refractivity contribution in [3.05, 3.63) is 48.6 Å². The van der Waals surface area contributed by atoms with Crippen molar-refractivity contribution >= 4 is 11.9 Å². The Bertz CT molecular complexity index is 873. The molecule has 0 unspecified atom stereocenters. The van der Waals surface area contributed by atoms with Gasteiger partial charge in [0.05, 0.1) is 6.61 Å². The fourth-order valence-electron chi connectivity index (χ4n) is 6.20. The van der Waals surface area contributed by atoms with Gasteiger partial charge in [-0.05, 0) is 77.0 Å². The van der Waals surface area contributed by atoms with Gasteiger partial charge in [-0.3, -0.25) is 9.59 Å². The Labute approximate surface area is 322 Å². The van der Waals surface area contributed by atoms with Crippen molar-refractivity contribution < 1.29 is 24.2 Å². The summed E-state index contributed by atoms with van der Waals surface area (Å²) >= 11 is 0. The highest BCUT2D eigenvalue weighted by molar-refractivity contribution is 5.70. The molecule has 0 aliphatic heterocycles. The lowest BCUT2D eigenvalue weighted by atomic mass is 10.1. The summed E-state index contributed by atoms with van der Waals surface area (Å²) in [5.74, 6) is -0.604. The van der Waals surface area contributed by atoms with E-state index in [1.807, 2.05) is 0 Å². The van der Waals surface area contributed by atoms with E-state index in [9.17, 15) is 14.7 Å². The molecule has 302 valence electrons. The number of aliphatic hydroxyl groups excluding tert-OH is 1. The molecule has 5 nitrogen and oxygen atoms in total. The summed E-state index contributed by atoms with van der Waals surface area (Å²) in [5.41, 5.74) is 0. The van der Waals surface area contributed by atoms with Gasteiger partial charge in [0.2, 0.25) is 0 Å². The molecule has 0 aromatic heterocycles. The second kappa shape index (κ2) is 43.3. The maximum absolute atomic E-state index is 12.2. The molecule has 52 heavy (non-hydrogen) atoms. The molecule has 0 radical (unpaired) electrons. The Morgan fingerprint density at radius 2 is 0.769 bits per heavy atom. The SMILES string of the molecule is CCCCC/C=C\C/C=C\C/C=C\CCCCCCCCC(=O)O[C@@H](CO)COC(=O)CCCCCCCCCCC/C=C\CCCCCCCC. The first-order chi connectivity index (χ1) is 25.6. The Hall–Kier alpha value is -2.14. The van der Waals surface area contributed by atoms with Crippen molar-refractivity contribution in [3.63, 3.8) is 0 Å². The zero-order valence-electron chi connectivity index (χ0n) is 34.3. The number of rotatable bonds is 40. The molecule has 0 aliphatic carbocycles. The van der Waals surface area contributed by atoms with E-state index in [4.69, 9.17) is 9.47 Å². The molecule has 0 fully saturated rings. The Morgan fingerprint density at radius 1 is 0.442 bits per heavy atom. The van der Waals surface area contributed by atoms with Crippen molar-refractivity contribution in [1.29, 1.82) is 0 Å². The largest absolute Gasteiger partial charge is 0.462 e. The summed E-state index contributed by atoms with van der Waals surface area (Å²) in [6.07, 6.45) is 54.6. The molecule has 0 saturated carbocycles. The van der Waals surface area contributed by atoms with Crippen LogP contribution in [0.5, 0.6) is 0 Å². The Balaban J connectivity index is 3.56. The second-order valence-electron chi connectivity index (χ2n) is 14.8. The normalized spacial score (nSPS) is 12.6. The second-order valence-corrected chi connectivity index (χ2v) is 14.8. The van der Waals surface area contributed by atoms with Gasteiger partial charge in [0, 0.05) is 12.8 Å². The molecular formula is C47H84O5. The molecule has 1 atom stereocenters. The molecule has 0 aromatic carbocycles. The summed E-state index contributed by atoms with van der Waals surface area (Å²) in [6, 6.07) is 0. The quantitative estimate of drug-likeness (QED) is 0.0386. The van der Waals surface area contributed by atoms with Crippen LogP contribution in [-0.4, -0.2) is 36.4 Å². The van der Waals surface area contributed by atoms with Gasteiger partial charge in [0.25, 0.3) is 0 Å². The zero-order chi connectivity index (χ0) is 37.8. The number of carbonyl (C=O) groups excluding carboxylic acids is 2. The monoisotopic (exact) mass is 729 g/mol. The van der Waals surface area contributed by atoms with Gasteiger partial charge in [-0.1, -0.05) is 178 Å². The van der Waals surface area contributed by atoms with Crippen molar-refractivity contribution in [1.82, 2.24) is 0 Å². The number of allylic oxidation sites excluding steroid dienone is 8. The molecule has 5 heteroatoms. The number of hydrogen-bond acceptors (Lipinski definition) is 5. The molecule has 0 aliphatic rings. The minimum absolute atomic E-state index is 0.0722. The maximum atomic E-state index is 12.2. The van der Waals surface area contributed by atoms with Crippen LogP contribution in [0.3, 0.4) is 0 Å². The molecule has 0 aromatic rings. The predicted molar refractivity (Wildman–Crippen MR) is 224 cm³/mol. The van der Waals surface area contributed by atoms with Crippen LogP contribution in [0, 0.1) is 0 Å². The van der Waals surface area contributed by atoms with E-state index in [2.05, 4.69) is 62.5 Å². The highest BCUT2D eigenvalue weighted by Crippen LogP contribution is 2.14. The first-order valence-corrected chi connectivity index (χ1v) is 22.2. The van der Waals surface area contributed by atoms with Crippen LogP contribution in [0.2, 0.25) is 0 Å². The summed E-state index contributed by atoms with van der Waals surface area (Å²) in [5, 5.41) is 9.59. The summed E-state index contributed by atoms with van der Waals surface area (Å²) in [6.45, 7) is 4.10. The van der Waals surface area contributed by atoms with Crippen LogP contribution in [-0.2, 0) is 19.1 Å². The molecule has 0 spiro atoms. The molecule has 0 bridgehead atoms. The highest BCUT2D eigenvalue weighted by Gasteiger charge is 2.16. The van der Waals surface area contributed by atoms with E-state index < -0.39 is 6.10 Å². The molecule has 0 saturated heterocycles.